The molecule has 1 unspecified atom stereocenters. The van der Waals surface area contributed by atoms with E-state index in [1.54, 1.807) is 19.9 Å². The second kappa shape index (κ2) is 7.31. The zero-order valence-corrected chi connectivity index (χ0v) is 15.5. The summed E-state index contributed by atoms with van der Waals surface area (Å²) in [4.78, 5) is 0. The summed E-state index contributed by atoms with van der Waals surface area (Å²) in [5, 5.41) is 15.6. The summed E-state index contributed by atoms with van der Waals surface area (Å²) in [5.74, 6) is -2.71. The van der Waals surface area contributed by atoms with Gasteiger partial charge in [-0.1, -0.05) is 6.07 Å². The van der Waals surface area contributed by atoms with Crippen molar-refractivity contribution in [2.45, 2.75) is 44.8 Å². The minimum absolute atomic E-state index is 0.0237. The summed E-state index contributed by atoms with van der Waals surface area (Å²) < 4.78 is 48.2. The number of ether oxygens (including phenoxy) is 1. The highest BCUT2D eigenvalue weighted by molar-refractivity contribution is 5.81. The van der Waals surface area contributed by atoms with Gasteiger partial charge < -0.3 is 20.5 Å². The van der Waals surface area contributed by atoms with Gasteiger partial charge in [-0.05, 0) is 50.8 Å². The van der Waals surface area contributed by atoms with E-state index in [1.807, 2.05) is 0 Å². The highest BCUT2D eigenvalue weighted by Gasteiger charge is 2.44. The summed E-state index contributed by atoms with van der Waals surface area (Å²) in [6, 6.07) is 5.39. The molecule has 0 spiro atoms. The quantitative estimate of drug-likeness (QED) is 0.641. The van der Waals surface area contributed by atoms with Crippen LogP contribution in [0.5, 0.6) is 5.75 Å². The van der Waals surface area contributed by atoms with Gasteiger partial charge in [-0.25, -0.2) is 13.2 Å². The number of aliphatic hydroxyl groups is 1. The summed E-state index contributed by atoms with van der Waals surface area (Å²) in [6.45, 7) is 3.41. The average Bonchev–Trinajstić information content (AvgIpc) is 3.34. The molecule has 7 heteroatoms. The first-order valence-electron chi connectivity index (χ1n) is 8.80. The van der Waals surface area contributed by atoms with Crippen LogP contribution in [0.4, 0.5) is 30.2 Å². The topological polar surface area (TPSA) is 53.5 Å². The maximum atomic E-state index is 14.6. The van der Waals surface area contributed by atoms with Crippen molar-refractivity contribution in [2.75, 3.05) is 17.7 Å². The zero-order valence-electron chi connectivity index (χ0n) is 15.5. The van der Waals surface area contributed by atoms with Crippen molar-refractivity contribution in [1.29, 1.82) is 0 Å². The van der Waals surface area contributed by atoms with Gasteiger partial charge in [-0.2, -0.15) is 0 Å². The molecule has 0 bridgehead atoms. The molecule has 0 aromatic heterocycles. The Balaban J connectivity index is 2.04. The van der Waals surface area contributed by atoms with E-state index in [-0.39, 0.29) is 22.8 Å². The number of nitrogens with one attached hydrogen (secondary N) is 2. The van der Waals surface area contributed by atoms with Gasteiger partial charge in [0.1, 0.15) is 22.9 Å². The van der Waals surface area contributed by atoms with Gasteiger partial charge in [0.15, 0.2) is 11.6 Å². The molecule has 4 nitrogen and oxygen atoms in total. The van der Waals surface area contributed by atoms with Crippen LogP contribution in [0.25, 0.3) is 0 Å². The van der Waals surface area contributed by atoms with Crippen LogP contribution in [-0.4, -0.2) is 23.9 Å². The number of methoxy groups -OCH3 is 1. The molecule has 1 aliphatic rings. The zero-order chi connectivity index (χ0) is 19.8. The second-order valence-corrected chi connectivity index (χ2v) is 7.19. The van der Waals surface area contributed by atoms with Crippen LogP contribution < -0.4 is 15.4 Å². The molecule has 1 fully saturated rings. The van der Waals surface area contributed by atoms with E-state index >= 15 is 0 Å². The average molecular weight is 380 g/mol. The van der Waals surface area contributed by atoms with Crippen molar-refractivity contribution < 1.29 is 23.0 Å². The minimum Gasteiger partial charge on any atom is -0.494 e. The van der Waals surface area contributed by atoms with Gasteiger partial charge in [-0.15, -0.1) is 0 Å². The van der Waals surface area contributed by atoms with Crippen molar-refractivity contribution in [3.63, 3.8) is 0 Å². The fourth-order valence-corrected chi connectivity index (χ4v) is 3.22. The third-order valence-corrected chi connectivity index (χ3v) is 4.72. The molecule has 2 aromatic rings. The van der Waals surface area contributed by atoms with E-state index in [0.29, 0.717) is 12.0 Å². The van der Waals surface area contributed by atoms with Crippen LogP contribution in [-0.2, 0) is 0 Å². The number of hydrogen-bond donors (Lipinski definition) is 3. The van der Waals surface area contributed by atoms with Gasteiger partial charge >= 0.3 is 0 Å². The number of aliphatic hydroxyl groups excluding tert-OH is 1. The van der Waals surface area contributed by atoms with E-state index in [0.717, 1.165) is 18.9 Å². The molecule has 1 atom stereocenters. The molecular formula is C20H23F3N2O2. The molecule has 146 valence electrons. The van der Waals surface area contributed by atoms with Crippen molar-refractivity contribution in [2.24, 2.45) is 0 Å². The normalized spacial score (nSPS) is 16.0. The first-order valence-corrected chi connectivity index (χ1v) is 8.80. The first kappa shape index (κ1) is 19.4. The van der Waals surface area contributed by atoms with Crippen LogP contribution in [0.2, 0.25) is 0 Å². The number of aryl methyl sites for hydroxylation is 1. The van der Waals surface area contributed by atoms with Crippen molar-refractivity contribution >= 4 is 17.1 Å². The predicted molar refractivity (Wildman–Crippen MR) is 99.2 cm³/mol. The summed E-state index contributed by atoms with van der Waals surface area (Å²) >= 11 is 0. The maximum Gasteiger partial charge on any atom is 0.184 e. The summed E-state index contributed by atoms with van der Waals surface area (Å²) in [7, 11) is 1.35. The van der Waals surface area contributed by atoms with Crippen LogP contribution in [0, 0.1) is 24.4 Å². The lowest BCUT2D eigenvalue weighted by atomic mass is 10.1. The smallest absolute Gasteiger partial charge is 0.184 e. The molecule has 3 rings (SSSR count). The van der Waals surface area contributed by atoms with Crippen LogP contribution in [0.1, 0.15) is 31.7 Å². The molecule has 1 saturated carbocycles. The Hall–Kier alpha value is -2.41. The molecule has 2 aromatic carbocycles. The fraction of sp³-hybridized carbons (Fsp3) is 0.400. The lowest BCUT2D eigenvalue weighted by Crippen LogP contribution is -2.27. The van der Waals surface area contributed by atoms with Gasteiger partial charge in [0.2, 0.25) is 0 Å². The first-order chi connectivity index (χ1) is 12.7. The monoisotopic (exact) mass is 380 g/mol. The molecule has 27 heavy (non-hydrogen) atoms. The highest BCUT2D eigenvalue weighted by atomic mass is 19.2. The Morgan fingerprint density at radius 3 is 2.41 bits per heavy atom. The van der Waals surface area contributed by atoms with E-state index in [1.165, 1.54) is 19.2 Å². The lowest BCUT2D eigenvalue weighted by molar-refractivity contribution is 0.174. The van der Waals surface area contributed by atoms with Crippen molar-refractivity contribution in [3.05, 3.63) is 47.3 Å². The molecule has 0 saturated heterocycles. The van der Waals surface area contributed by atoms with Gasteiger partial charge in [0.25, 0.3) is 0 Å². The molecule has 3 N–H and O–H groups in total. The summed E-state index contributed by atoms with van der Waals surface area (Å²) in [5.41, 5.74) is 0.285. The molecule has 0 amide bonds. The SMILES string of the molecule is COc1cc(F)c(F)c(Nc2ccc(C)cc2F)c1NC1(CC(C)O)CC1. The van der Waals surface area contributed by atoms with Gasteiger partial charge in [0.05, 0.1) is 18.9 Å². The fourth-order valence-electron chi connectivity index (χ4n) is 3.22. The molecule has 0 radical (unpaired) electrons. The Labute approximate surface area is 156 Å². The Bertz CT molecular complexity index is 852. The van der Waals surface area contributed by atoms with E-state index in [9.17, 15) is 18.3 Å². The van der Waals surface area contributed by atoms with Crippen molar-refractivity contribution in [3.8, 4) is 5.75 Å². The van der Waals surface area contributed by atoms with Crippen LogP contribution in [0.3, 0.4) is 0 Å². The maximum absolute atomic E-state index is 14.6. The highest BCUT2D eigenvalue weighted by Crippen LogP contribution is 2.48. The van der Waals surface area contributed by atoms with Gasteiger partial charge in [-0.3, -0.25) is 0 Å². The molecule has 0 heterocycles. The van der Waals surface area contributed by atoms with E-state index < -0.39 is 29.1 Å². The number of rotatable bonds is 7. The van der Waals surface area contributed by atoms with Crippen LogP contribution in [0.15, 0.2) is 24.3 Å². The number of benzene rings is 2. The molecule has 0 aliphatic heterocycles. The standard InChI is InChI=1S/C20H23F3N2O2/c1-11-4-5-15(13(21)8-11)24-19-17(23)14(22)9-16(27-3)18(19)25-20(6-7-20)10-12(2)26/h4-5,8-9,12,24-26H,6-7,10H2,1-3H3. The number of hydrogen-bond acceptors (Lipinski definition) is 4. The second-order valence-electron chi connectivity index (χ2n) is 7.19. The van der Waals surface area contributed by atoms with Crippen molar-refractivity contribution in [1.82, 2.24) is 0 Å². The lowest BCUT2D eigenvalue weighted by Gasteiger charge is -2.25. The van der Waals surface area contributed by atoms with Crippen LogP contribution >= 0.6 is 0 Å². The largest absolute Gasteiger partial charge is 0.494 e. The Morgan fingerprint density at radius 1 is 1.15 bits per heavy atom. The predicted octanol–water partition coefficient (Wildman–Crippen LogP) is 4.88. The van der Waals surface area contributed by atoms with E-state index in [4.69, 9.17) is 4.74 Å². The van der Waals surface area contributed by atoms with E-state index in [2.05, 4.69) is 10.6 Å². The third kappa shape index (κ3) is 4.13. The number of halogens is 3. The molecule has 1 aliphatic carbocycles. The minimum atomic E-state index is -1.13. The third-order valence-electron chi connectivity index (χ3n) is 4.72. The summed E-state index contributed by atoms with van der Waals surface area (Å²) in [6.07, 6.45) is 1.45. The Kier molecular flexibility index (Phi) is 5.24. The molecular weight excluding hydrogens is 357 g/mol. The van der Waals surface area contributed by atoms with Gasteiger partial charge in [0, 0.05) is 11.6 Å². The number of anilines is 3. The Morgan fingerprint density at radius 2 is 1.85 bits per heavy atom.